The number of cyclic esters (lactones) is 1. The first-order valence-electron chi connectivity index (χ1n) is 38.2. The molecule has 113 heavy (non-hydrogen) atoms. The van der Waals surface area contributed by atoms with Crippen LogP contribution < -0.4 is 63.8 Å². The highest BCUT2D eigenvalue weighted by Gasteiger charge is 2.45. The molecule has 2 aromatic rings. The molecule has 3 saturated heterocycles. The van der Waals surface area contributed by atoms with Gasteiger partial charge in [-0.1, -0.05) is 142 Å². The normalized spacial score (nSPS) is 27.3. The number of benzene rings is 2. The van der Waals surface area contributed by atoms with Crippen molar-refractivity contribution in [1.29, 1.82) is 0 Å². The summed E-state index contributed by atoms with van der Waals surface area (Å²) in [6.07, 6.45) is -4.63. The SMILES string of the molecule is C=C1NC(=O)C(C(C)CC)NC(=O)C2CSCC(NC(=O)CCC(=O)O)C(=O)NC(Cc3ccccc3)C(=O)NC(C)C(=O)NC(CC(C)CC)C(=O)NC(C(=O)NC(Cc3ccccc3)C(=O)N3CCCC3C(=O)N2)C(C)OC(=O)C(CO)NC(=O)C(C(O)COC)N(C)C(=O)C(C(C)C)NC(=O)C(CC(C)CC)NC1=O. The van der Waals surface area contributed by atoms with Crippen LogP contribution in [0.5, 0.6) is 0 Å². The Morgan fingerprint density at radius 2 is 1.16 bits per heavy atom. The number of hydrogen-bond acceptors (Lipinski definition) is 21. The van der Waals surface area contributed by atoms with Gasteiger partial charge >= 0.3 is 11.9 Å². The van der Waals surface area contributed by atoms with Crippen molar-refractivity contribution in [2.45, 2.75) is 231 Å². The lowest BCUT2D eigenvalue weighted by Crippen LogP contribution is -2.63. The number of aliphatic carboxylic acids is 1. The molecule has 624 valence electrons. The van der Waals surface area contributed by atoms with Crippen molar-refractivity contribution in [2.24, 2.45) is 23.7 Å². The molecule has 0 saturated carbocycles. The van der Waals surface area contributed by atoms with E-state index in [1.165, 1.54) is 14.0 Å². The summed E-state index contributed by atoms with van der Waals surface area (Å²) in [5.41, 5.74) is 0.319. The van der Waals surface area contributed by atoms with Gasteiger partial charge in [0.25, 0.3) is 5.91 Å². The lowest BCUT2D eigenvalue weighted by Gasteiger charge is -2.35. The highest BCUT2D eigenvalue weighted by Crippen LogP contribution is 2.24. The molecular weight excluding hydrogens is 1490 g/mol. The van der Waals surface area contributed by atoms with Gasteiger partial charge in [-0.05, 0) is 74.3 Å². The lowest BCUT2D eigenvalue weighted by atomic mass is 9.96. The van der Waals surface area contributed by atoms with Crippen LogP contribution in [0.15, 0.2) is 72.9 Å². The number of hydrogen-bond donors (Lipinski definition) is 15. The topological polar surface area (TPSA) is 503 Å². The second kappa shape index (κ2) is 45.6. The number of ether oxygens (including phenoxy) is 2. The largest absolute Gasteiger partial charge is 0.481 e. The zero-order valence-corrected chi connectivity index (χ0v) is 67.1. The van der Waals surface area contributed by atoms with Crippen molar-refractivity contribution >= 4 is 106 Å². The van der Waals surface area contributed by atoms with Gasteiger partial charge in [0.15, 0.2) is 6.04 Å². The number of methoxy groups -OCH3 is 1. The molecule has 35 nitrogen and oxygen atoms in total. The van der Waals surface area contributed by atoms with Crippen LogP contribution in [0, 0.1) is 23.7 Å². The highest BCUT2D eigenvalue weighted by atomic mass is 32.2. The zero-order chi connectivity index (χ0) is 84.1. The third-order valence-corrected chi connectivity index (χ3v) is 21.3. The molecule has 3 heterocycles. The molecule has 2 bridgehead atoms. The minimum atomic E-state index is -2.10. The Balaban J connectivity index is 1.82. The average Bonchev–Trinajstić information content (AvgIpc) is 1.76. The van der Waals surface area contributed by atoms with Crippen LogP contribution in [0.1, 0.15) is 138 Å². The fraction of sp³-hybridized carbons (Fsp3) is 0.610. The second-order valence-electron chi connectivity index (χ2n) is 29.5. The van der Waals surface area contributed by atoms with E-state index in [2.05, 4.69) is 70.4 Å². The molecule has 2 aromatic carbocycles. The summed E-state index contributed by atoms with van der Waals surface area (Å²) < 4.78 is 11.1. The first-order chi connectivity index (χ1) is 53.5. The molecule has 0 spiro atoms. The quantitative estimate of drug-likeness (QED) is 0.0494. The number of carboxylic acids is 1. The van der Waals surface area contributed by atoms with E-state index >= 15 is 24.0 Å². The van der Waals surface area contributed by atoms with Gasteiger partial charge in [-0.3, -0.25) is 71.9 Å². The van der Waals surface area contributed by atoms with Crippen molar-refractivity contribution in [3.63, 3.8) is 0 Å². The fourth-order valence-corrected chi connectivity index (χ4v) is 13.8. The number of carbonyl (C=O) groups is 16. The van der Waals surface area contributed by atoms with Crippen molar-refractivity contribution in [2.75, 3.05) is 45.4 Å². The molecule has 3 aliphatic heterocycles. The van der Waals surface area contributed by atoms with Crippen molar-refractivity contribution in [3.05, 3.63) is 84.1 Å². The molecule has 5 rings (SSSR count). The number of thioether (sulfide) groups is 1. The van der Waals surface area contributed by atoms with E-state index in [0.717, 1.165) is 35.5 Å². The van der Waals surface area contributed by atoms with Crippen LogP contribution in [0.25, 0.3) is 0 Å². The number of fused-ring (bicyclic) bond motifs is 6. The Kier molecular flexibility index (Phi) is 37.7. The van der Waals surface area contributed by atoms with Gasteiger partial charge in [0.05, 0.1) is 25.3 Å². The number of aliphatic hydroxyl groups is 2. The van der Waals surface area contributed by atoms with Crippen molar-refractivity contribution < 1.29 is 102 Å². The smallest absolute Gasteiger partial charge is 0.331 e. The highest BCUT2D eigenvalue weighted by molar-refractivity contribution is 7.99. The van der Waals surface area contributed by atoms with E-state index in [4.69, 9.17) is 9.47 Å². The molecule has 14 amide bonds. The minimum Gasteiger partial charge on any atom is -0.481 e. The molecule has 18 atom stereocenters. The fourth-order valence-electron chi connectivity index (χ4n) is 12.7. The Hall–Kier alpha value is -10.1. The van der Waals surface area contributed by atoms with Gasteiger partial charge in [-0.15, -0.1) is 0 Å². The number of nitrogens with zero attached hydrogens (tertiary/aromatic N) is 2. The molecule has 18 unspecified atom stereocenters. The van der Waals surface area contributed by atoms with Crippen LogP contribution in [0.2, 0.25) is 0 Å². The van der Waals surface area contributed by atoms with Crippen molar-refractivity contribution in [1.82, 2.24) is 73.6 Å². The molecule has 36 heteroatoms. The number of rotatable bonds is 21. The van der Waals surface area contributed by atoms with Gasteiger partial charge < -0.3 is 98.4 Å². The third-order valence-electron chi connectivity index (χ3n) is 20.2. The summed E-state index contributed by atoms with van der Waals surface area (Å²) in [6, 6.07) is -5.36. The maximum absolute atomic E-state index is 15.6. The Morgan fingerprint density at radius 3 is 1.73 bits per heavy atom. The first-order valence-corrected chi connectivity index (χ1v) is 39.4. The number of carbonyl (C=O) groups excluding carboxylic acids is 15. The zero-order valence-electron chi connectivity index (χ0n) is 66.3. The monoisotopic (exact) mass is 1600 g/mol. The summed E-state index contributed by atoms with van der Waals surface area (Å²) in [7, 11) is 2.28. The molecule has 0 aliphatic carbocycles. The molecule has 0 radical (unpaired) electrons. The van der Waals surface area contributed by atoms with Crippen LogP contribution >= 0.6 is 11.8 Å². The van der Waals surface area contributed by atoms with Gasteiger partial charge in [0.1, 0.15) is 84.7 Å². The van der Waals surface area contributed by atoms with Gasteiger partial charge in [0, 0.05) is 51.5 Å². The minimum absolute atomic E-state index is 0.0531. The molecule has 15 N–H and O–H groups in total. The predicted molar refractivity (Wildman–Crippen MR) is 413 cm³/mol. The third kappa shape index (κ3) is 28.2. The van der Waals surface area contributed by atoms with E-state index in [1.807, 2.05) is 6.92 Å². The van der Waals surface area contributed by atoms with Crippen LogP contribution in [-0.2, 0) is 99.0 Å². The molecule has 0 aromatic heterocycles. The number of aliphatic hydroxyl groups excluding tert-OH is 2. The number of likely N-dealkylation sites (N-methyl/N-ethyl adjacent to an activating group) is 1. The van der Waals surface area contributed by atoms with E-state index < -0.39 is 240 Å². The number of esters is 1. The maximum Gasteiger partial charge on any atom is 0.331 e. The van der Waals surface area contributed by atoms with Gasteiger partial charge in [-0.2, -0.15) is 11.8 Å². The van der Waals surface area contributed by atoms with E-state index in [9.17, 15) is 68.1 Å². The molecule has 3 fully saturated rings. The first kappa shape index (κ1) is 93.5. The summed E-state index contributed by atoms with van der Waals surface area (Å²) in [5.74, 6) is -20.4. The summed E-state index contributed by atoms with van der Waals surface area (Å²) >= 11 is 0.792. The summed E-state index contributed by atoms with van der Waals surface area (Å²) in [4.78, 5) is 236. The predicted octanol–water partition coefficient (Wildman–Crippen LogP) is -1.60. The molecular formula is C77H114N14O21S. The van der Waals surface area contributed by atoms with Gasteiger partial charge in [0.2, 0.25) is 76.8 Å². The Bertz CT molecular complexity index is 3690. The number of carboxylic acid groups (broad SMARTS) is 1. The molecule has 3 aliphatic rings. The Labute approximate surface area is 662 Å². The number of amides is 14. The van der Waals surface area contributed by atoms with Crippen LogP contribution in [0.3, 0.4) is 0 Å². The van der Waals surface area contributed by atoms with E-state index in [-0.39, 0.29) is 63.3 Å². The number of nitrogens with one attached hydrogen (secondary N) is 12. The second-order valence-corrected chi connectivity index (χ2v) is 30.6. The summed E-state index contributed by atoms with van der Waals surface area (Å²) in [5, 5.41) is 63.1. The summed E-state index contributed by atoms with van der Waals surface area (Å²) in [6.45, 7) is 17.7. The average molecular weight is 1600 g/mol. The maximum atomic E-state index is 15.6. The van der Waals surface area contributed by atoms with E-state index in [1.54, 1.807) is 109 Å². The van der Waals surface area contributed by atoms with E-state index in [0.29, 0.717) is 24.0 Å². The Morgan fingerprint density at radius 1 is 0.611 bits per heavy atom. The lowest BCUT2D eigenvalue weighted by molar-refractivity contribution is -0.158. The standard InChI is InChI=1S/C77H114N14O21S/c1-14-41(6)32-49-67(100)87-60(40(4)5)76(109)90(12)63(57(93)37-111-13)74(107)85-53(36-92)77(110)112-46(11)62-73(106)84-52(35-48-26-21-18-22-27-48)75(108)91-31-23-28-56(91)71(104)86-55(70(103)88-61(43(8)16-3)72(105)79-45(10)65(98)81-49)39-113-38-54(80-58(94)29-30-59(95)96)69(102)83-51(34-47-24-19-17-20-25-47)66(99)78-44(9)64(97)82-50(68(101)89-62)33-42(7)15-2/h17-22,24-27,40-44,46,49-57,60-63,92-93H,10,14-16,23,28-39H2,1-9,11-13H3,(H,78,99)(H,79,105)(H,80,94)(H,81,98)(H,82,97)(H,83,102)(H,84,106)(H,85,107)(H,86,104)(H,87,100)(H,88,103)(H,89,101)(H,95,96). The van der Waals surface area contributed by atoms with Crippen LogP contribution in [0.4, 0.5) is 0 Å². The van der Waals surface area contributed by atoms with Crippen LogP contribution in [-0.4, -0.2) is 256 Å². The van der Waals surface area contributed by atoms with Gasteiger partial charge in [-0.25, -0.2) is 4.79 Å². The van der Waals surface area contributed by atoms with Crippen molar-refractivity contribution in [3.8, 4) is 0 Å².